The Morgan fingerprint density at radius 3 is 0.714 bits per heavy atom. The van der Waals surface area contributed by atoms with Gasteiger partial charge in [-0.25, -0.2) is 0 Å². The van der Waals surface area contributed by atoms with Gasteiger partial charge in [-0.2, -0.15) is 25.7 Å². The summed E-state index contributed by atoms with van der Waals surface area (Å²) in [4.78, 5) is 0. The van der Waals surface area contributed by atoms with E-state index in [0.717, 1.165) is 25.7 Å². The summed E-state index contributed by atoms with van der Waals surface area (Å²) in [6, 6.07) is 0. The van der Waals surface area contributed by atoms with Crippen LogP contribution < -0.4 is 0 Å². The van der Waals surface area contributed by atoms with Crippen LogP contribution in [0.25, 0.3) is 0 Å². The molecule has 2 N–H and O–H groups in total. The first-order valence-corrected chi connectivity index (χ1v) is 6.83. The van der Waals surface area contributed by atoms with Crippen LogP contribution in [-0.4, -0.2) is 5.48 Å². The second-order valence-electron chi connectivity index (χ2n) is 3.41. The van der Waals surface area contributed by atoms with Crippen LogP contribution >= 0.6 is 0 Å². The summed E-state index contributed by atoms with van der Waals surface area (Å²) in [5.41, 5.74) is 0. The summed E-state index contributed by atoms with van der Waals surface area (Å²) in [5, 5.41) is 0. The van der Waals surface area contributed by atoms with Crippen molar-refractivity contribution in [3.05, 3.63) is 42.5 Å². The zero-order valence-corrected chi connectivity index (χ0v) is 19.1. The normalized spacial score (nSPS) is 5.71. The van der Waals surface area contributed by atoms with Gasteiger partial charge in [0.25, 0.3) is 0 Å². The molecule has 0 heterocycles. The Morgan fingerprint density at radius 1 is 0.571 bits per heavy atom. The second-order valence-corrected chi connectivity index (χ2v) is 3.41. The van der Waals surface area contributed by atoms with Gasteiger partial charge in [0, 0.05) is 0 Å². The van der Waals surface area contributed by atoms with Crippen molar-refractivity contribution in [3.63, 3.8) is 0 Å². The number of hydrogen-bond acceptors (Lipinski definition) is 0. The predicted octanol–water partition coefficient (Wildman–Crippen LogP) is 6.55. The summed E-state index contributed by atoms with van der Waals surface area (Å²) in [7, 11) is 0. The van der Waals surface area contributed by atoms with Crippen LogP contribution in [-0.2, 0) is 43.4 Å². The molecule has 0 rings (SSSR count). The summed E-state index contributed by atoms with van der Waals surface area (Å²) in [6.07, 6.45) is 9.31. The molecule has 0 aliphatic heterocycles. The Balaban J connectivity index is -0.0000000124. The molecule has 2 radical (unpaired) electrons. The minimum absolute atomic E-state index is 0. The van der Waals surface area contributed by atoms with E-state index in [9.17, 15) is 0 Å². The van der Waals surface area contributed by atoms with Crippen LogP contribution in [0.2, 0.25) is 0 Å². The molecule has 21 heavy (non-hydrogen) atoms. The van der Waals surface area contributed by atoms with Gasteiger partial charge in [0.2, 0.25) is 0 Å². The number of hydrogen-bond donors (Lipinski definition) is 0. The van der Waals surface area contributed by atoms with Crippen molar-refractivity contribution in [2.75, 3.05) is 0 Å². The van der Waals surface area contributed by atoms with Gasteiger partial charge in [0.1, 0.15) is 0 Å². The summed E-state index contributed by atoms with van der Waals surface area (Å²) < 4.78 is 0. The van der Waals surface area contributed by atoms with Crippen LogP contribution in [0.3, 0.4) is 0 Å². The molecule has 0 saturated heterocycles. The third-order valence-corrected chi connectivity index (χ3v) is 1.21. The van der Waals surface area contributed by atoms with Crippen molar-refractivity contribution < 1.29 is 48.9 Å². The largest absolute Gasteiger partial charge is 3.00 e. The predicted molar refractivity (Wildman–Crippen MR) is 97.5 cm³/mol. The van der Waals surface area contributed by atoms with Crippen molar-refractivity contribution in [1.29, 1.82) is 0 Å². The molecule has 0 aliphatic carbocycles. The standard InChI is InChI=1S/2C5H11.2C3H7.2CH3.H2O.2Ti/c2*1-3-5-4-2;2*1-3-2;;;;;/h2*1,3-5H2,2H3;2*1,3H2,2H3;2*1H3;1H2;;/q6*-1;;2*+3. The van der Waals surface area contributed by atoms with Gasteiger partial charge in [0.15, 0.2) is 0 Å². The average molecular weight is 372 g/mol. The molecule has 0 unspecified atom stereocenters. The van der Waals surface area contributed by atoms with Crippen LogP contribution in [0.5, 0.6) is 0 Å². The molecule has 0 aliphatic rings. The minimum atomic E-state index is 0. The van der Waals surface area contributed by atoms with Crippen molar-refractivity contribution >= 4 is 0 Å². The minimum Gasteiger partial charge on any atom is -0.412 e. The SMILES string of the molecule is O.[CH2-]CC.[CH2-]CC.[CH2-]CCCC.[CH2-]CCCC.[CH3-].[CH3-].[Ti+3].[Ti+3]. The molecular formula is C18H44OTi2. The van der Waals surface area contributed by atoms with E-state index in [-0.39, 0.29) is 63.8 Å². The van der Waals surface area contributed by atoms with Crippen LogP contribution in [0, 0.1) is 42.5 Å². The molecule has 0 saturated carbocycles. The van der Waals surface area contributed by atoms with Gasteiger partial charge in [-0.1, -0.05) is 53.4 Å². The molecule has 130 valence electrons. The molecule has 1 nitrogen and oxygen atoms in total. The number of unbranched alkanes of at least 4 members (excludes halogenated alkanes) is 4. The van der Waals surface area contributed by atoms with Gasteiger partial charge < -0.3 is 48.0 Å². The van der Waals surface area contributed by atoms with Gasteiger partial charge >= 0.3 is 43.4 Å². The monoisotopic (exact) mass is 372 g/mol. The van der Waals surface area contributed by atoms with Gasteiger partial charge in [-0.15, -0.1) is 0 Å². The Labute approximate surface area is 169 Å². The van der Waals surface area contributed by atoms with Crippen LogP contribution in [0.15, 0.2) is 0 Å². The first-order valence-electron chi connectivity index (χ1n) is 6.83. The van der Waals surface area contributed by atoms with E-state index < -0.39 is 0 Å². The average Bonchev–Trinajstić information content (AvgIpc) is 2.23. The zero-order valence-electron chi connectivity index (χ0n) is 16.0. The summed E-state index contributed by atoms with van der Waals surface area (Å²) in [6.45, 7) is 22.7. The molecule has 0 amide bonds. The molecule has 0 aromatic heterocycles. The number of rotatable bonds is 4. The smallest absolute Gasteiger partial charge is 0.412 e. The van der Waals surface area contributed by atoms with E-state index >= 15 is 0 Å². The van der Waals surface area contributed by atoms with Crippen molar-refractivity contribution in [2.45, 2.75) is 79.1 Å². The van der Waals surface area contributed by atoms with E-state index in [1.807, 2.05) is 13.8 Å². The first kappa shape index (κ1) is 57.1. The fourth-order valence-electron chi connectivity index (χ4n) is 0.500. The Bertz CT molecular complexity index is 51.2. The molecule has 0 fully saturated rings. The van der Waals surface area contributed by atoms with Crippen molar-refractivity contribution in [3.8, 4) is 0 Å². The molecule has 3 heteroatoms. The van der Waals surface area contributed by atoms with Crippen LogP contribution in [0.1, 0.15) is 79.1 Å². The fraction of sp³-hybridized carbons (Fsp3) is 0.667. The maximum absolute atomic E-state index is 3.68. The third kappa shape index (κ3) is 277. The second kappa shape index (κ2) is 101. The quantitative estimate of drug-likeness (QED) is 0.396. The van der Waals surface area contributed by atoms with E-state index in [1.54, 1.807) is 0 Å². The Hall–Kier alpha value is 1.39. The zero-order chi connectivity index (χ0) is 13.7. The van der Waals surface area contributed by atoms with E-state index in [0.29, 0.717) is 0 Å². The molecule has 0 aromatic carbocycles. The Kier molecular flexibility index (Phi) is 274. The molecule has 0 spiro atoms. The van der Waals surface area contributed by atoms with Gasteiger partial charge in [-0.3, -0.25) is 0 Å². The van der Waals surface area contributed by atoms with E-state index in [1.165, 1.54) is 25.7 Å². The maximum Gasteiger partial charge on any atom is 3.00 e. The van der Waals surface area contributed by atoms with Gasteiger partial charge in [0.05, 0.1) is 0 Å². The molecule has 0 atom stereocenters. The Morgan fingerprint density at radius 2 is 0.714 bits per heavy atom. The van der Waals surface area contributed by atoms with Crippen molar-refractivity contribution in [1.82, 2.24) is 0 Å². The van der Waals surface area contributed by atoms with Crippen molar-refractivity contribution in [2.24, 2.45) is 0 Å². The topological polar surface area (TPSA) is 31.5 Å². The maximum atomic E-state index is 3.68. The van der Waals surface area contributed by atoms with Gasteiger partial charge in [-0.05, 0) is 0 Å². The first-order chi connectivity index (χ1) is 7.66. The fourth-order valence-corrected chi connectivity index (χ4v) is 0.500. The van der Waals surface area contributed by atoms with E-state index in [2.05, 4.69) is 41.5 Å². The molecular weight excluding hydrogens is 328 g/mol. The summed E-state index contributed by atoms with van der Waals surface area (Å²) >= 11 is 0. The summed E-state index contributed by atoms with van der Waals surface area (Å²) in [5.74, 6) is 0. The molecule has 0 aromatic rings. The van der Waals surface area contributed by atoms with Crippen LogP contribution in [0.4, 0.5) is 0 Å². The third-order valence-electron chi connectivity index (χ3n) is 1.21. The van der Waals surface area contributed by atoms with E-state index in [4.69, 9.17) is 0 Å². The molecule has 0 bridgehead atoms.